The molecule has 138 valence electrons. The smallest absolute Gasteiger partial charge is 0.0883 e. The first-order valence-electron chi connectivity index (χ1n) is 9.87. The van der Waals surface area contributed by atoms with E-state index in [9.17, 15) is 0 Å². The molecule has 4 heteroatoms. The van der Waals surface area contributed by atoms with Gasteiger partial charge in [0, 0.05) is 56.2 Å². The summed E-state index contributed by atoms with van der Waals surface area (Å²) in [6.07, 6.45) is 4.40. The molecular weight excluding hydrogens is 332 g/mol. The molecule has 27 heavy (non-hydrogen) atoms. The van der Waals surface area contributed by atoms with Gasteiger partial charge in [-0.3, -0.25) is 9.88 Å². The van der Waals surface area contributed by atoms with Gasteiger partial charge >= 0.3 is 0 Å². The van der Waals surface area contributed by atoms with Crippen LogP contribution in [0.2, 0.25) is 0 Å². The first-order valence-corrected chi connectivity index (χ1v) is 9.87. The number of hydrogen-bond donors (Lipinski definition) is 0. The van der Waals surface area contributed by atoms with Crippen LogP contribution in [-0.2, 0) is 20.6 Å². The van der Waals surface area contributed by atoms with Gasteiger partial charge in [-0.05, 0) is 55.1 Å². The molecule has 4 nitrogen and oxygen atoms in total. The van der Waals surface area contributed by atoms with Crippen LogP contribution in [0.3, 0.4) is 0 Å². The van der Waals surface area contributed by atoms with Crippen LogP contribution in [0.1, 0.15) is 30.1 Å². The summed E-state index contributed by atoms with van der Waals surface area (Å²) in [5.41, 5.74) is 6.49. The van der Waals surface area contributed by atoms with Crippen molar-refractivity contribution in [1.29, 1.82) is 0 Å². The zero-order valence-corrected chi connectivity index (χ0v) is 16.1. The lowest BCUT2D eigenvalue weighted by Gasteiger charge is -2.33. The third kappa shape index (κ3) is 2.85. The summed E-state index contributed by atoms with van der Waals surface area (Å²) in [6.45, 7) is 3.32. The molecule has 0 saturated carbocycles. The molecular formula is C23H26N4. The number of rotatable bonds is 3. The third-order valence-electron chi connectivity index (χ3n) is 6.21. The molecule has 0 amide bonds. The Bertz CT molecular complexity index is 1100. The van der Waals surface area contributed by atoms with E-state index in [0.29, 0.717) is 5.92 Å². The number of hydrogen-bond acceptors (Lipinski definition) is 2. The molecule has 0 aliphatic carbocycles. The average Bonchev–Trinajstić information content (AvgIpc) is 3.20. The van der Waals surface area contributed by atoms with Gasteiger partial charge in [0.2, 0.25) is 0 Å². The Morgan fingerprint density at radius 1 is 1.00 bits per heavy atom. The molecule has 1 saturated heterocycles. The van der Waals surface area contributed by atoms with Crippen molar-refractivity contribution < 1.29 is 0 Å². The van der Waals surface area contributed by atoms with Crippen LogP contribution in [0.5, 0.6) is 0 Å². The van der Waals surface area contributed by atoms with E-state index >= 15 is 0 Å². The quantitative estimate of drug-likeness (QED) is 0.541. The van der Waals surface area contributed by atoms with E-state index in [1.54, 1.807) is 0 Å². The molecule has 0 bridgehead atoms. The summed E-state index contributed by atoms with van der Waals surface area (Å²) in [5.74, 6) is 0.577. The maximum atomic E-state index is 4.54. The zero-order chi connectivity index (χ0) is 18.4. The van der Waals surface area contributed by atoms with Crippen molar-refractivity contribution in [3.8, 4) is 0 Å². The molecule has 0 N–H and O–H groups in total. The van der Waals surface area contributed by atoms with Crippen molar-refractivity contribution in [3.63, 3.8) is 0 Å². The second kappa shape index (κ2) is 6.54. The number of benzene rings is 1. The topological polar surface area (TPSA) is 26.0 Å². The van der Waals surface area contributed by atoms with E-state index in [0.717, 1.165) is 18.6 Å². The van der Waals surface area contributed by atoms with E-state index in [1.807, 2.05) is 12.3 Å². The highest BCUT2D eigenvalue weighted by Gasteiger charge is 2.25. The van der Waals surface area contributed by atoms with Gasteiger partial charge in [-0.1, -0.05) is 18.2 Å². The van der Waals surface area contributed by atoms with Crippen molar-refractivity contribution in [2.75, 3.05) is 13.1 Å². The summed E-state index contributed by atoms with van der Waals surface area (Å²) in [4.78, 5) is 7.16. The van der Waals surface area contributed by atoms with E-state index in [-0.39, 0.29) is 0 Å². The number of piperidine rings is 1. The number of para-hydroxylation sites is 1. The second-order valence-electron chi connectivity index (χ2n) is 7.86. The van der Waals surface area contributed by atoms with Crippen LogP contribution in [0, 0.1) is 0 Å². The van der Waals surface area contributed by atoms with Gasteiger partial charge in [-0.25, -0.2) is 0 Å². The van der Waals surface area contributed by atoms with E-state index in [4.69, 9.17) is 0 Å². The zero-order valence-electron chi connectivity index (χ0n) is 16.1. The van der Waals surface area contributed by atoms with Crippen LogP contribution >= 0.6 is 0 Å². The normalized spacial score (nSPS) is 18.5. The van der Waals surface area contributed by atoms with Gasteiger partial charge < -0.3 is 9.13 Å². The van der Waals surface area contributed by atoms with Crippen molar-refractivity contribution in [3.05, 3.63) is 66.1 Å². The van der Waals surface area contributed by atoms with Gasteiger partial charge in [-0.15, -0.1) is 0 Å². The van der Waals surface area contributed by atoms with Crippen LogP contribution in [-0.4, -0.2) is 32.1 Å². The van der Waals surface area contributed by atoms with E-state index < -0.39 is 0 Å². The number of aryl methyl sites for hydroxylation is 2. The fourth-order valence-corrected chi connectivity index (χ4v) is 4.74. The molecule has 3 aromatic heterocycles. The molecule has 5 rings (SSSR count). The van der Waals surface area contributed by atoms with Crippen LogP contribution in [0.25, 0.3) is 21.9 Å². The number of likely N-dealkylation sites (tertiary alicyclic amines) is 1. The molecule has 1 atom stereocenters. The Hall–Kier alpha value is -2.59. The molecule has 0 radical (unpaired) electrons. The lowest BCUT2D eigenvalue weighted by Crippen LogP contribution is -2.35. The summed E-state index contributed by atoms with van der Waals surface area (Å²) in [5, 5.41) is 1.34. The molecule has 1 aliphatic heterocycles. The van der Waals surface area contributed by atoms with Crippen molar-refractivity contribution in [1.82, 2.24) is 19.0 Å². The summed E-state index contributed by atoms with van der Waals surface area (Å²) >= 11 is 0. The number of pyridine rings is 1. The Labute approximate surface area is 160 Å². The Morgan fingerprint density at radius 3 is 2.70 bits per heavy atom. The summed E-state index contributed by atoms with van der Waals surface area (Å²) in [7, 11) is 4.37. The first kappa shape index (κ1) is 16.6. The lowest BCUT2D eigenvalue weighted by molar-refractivity contribution is 0.194. The maximum Gasteiger partial charge on any atom is 0.0883 e. The fraction of sp³-hybridized carbons (Fsp3) is 0.348. The highest BCUT2D eigenvalue weighted by molar-refractivity contribution is 5.81. The first-order chi connectivity index (χ1) is 13.2. The standard InChI is InChI=1S/C23H26N4/c1-25-19(13-17-7-3-4-9-21(17)25)16-27-12-6-8-18(15-27)23-14-20-22(26(23)2)10-5-11-24-20/h3-5,7,9-11,13-14,18H,6,8,12,15-16H2,1-2H3. The average molecular weight is 358 g/mol. The predicted octanol–water partition coefficient (Wildman–Crippen LogP) is 4.44. The highest BCUT2D eigenvalue weighted by Crippen LogP contribution is 2.31. The SMILES string of the molecule is Cn1c(CN2CCCC(c3cc4ncccc4n3C)C2)cc2ccccc21. The lowest BCUT2D eigenvalue weighted by atomic mass is 9.94. The molecule has 1 fully saturated rings. The van der Waals surface area contributed by atoms with Crippen LogP contribution in [0.4, 0.5) is 0 Å². The number of fused-ring (bicyclic) bond motifs is 2. The van der Waals surface area contributed by atoms with Crippen LogP contribution in [0.15, 0.2) is 54.7 Å². The Morgan fingerprint density at radius 2 is 1.85 bits per heavy atom. The van der Waals surface area contributed by atoms with Gasteiger partial charge in [0.05, 0.1) is 11.0 Å². The molecule has 0 spiro atoms. The number of aromatic nitrogens is 3. The van der Waals surface area contributed by atoms with Gasteiger partial charge in [0.15, 0.2) is 0 Å². The molecule has 1 unspecified atom stereocenters. The van der Waals surface area contributed by atoms with E-state index in [1.165, 1.54) is 47.2 Å². The molecule has 1 aliphatic rings. The van der Waals surface area contributed by atoms with Gasteiger partial charge in [0.25, 0.3) is 0 Å². The second-order valence-corrected chi connectivity index (χ2v) is 7.86. The number of nitrogens with zero attached hydrogens (tertiary/aromatic N) is 4. The van der Waals surface area contributed by atoms with Crippen molar-refractivity contribution >= 4 is 21.9 Å². The largest absolute Gasteiger partial charge is 0.346 e. The van der Waals surface area contributed by atoms with Crippen LogP contribution < -0.4 is 0 Å². The minimum atomic E-state index is 0.577. The monoisotopic (exact) mass is 358 g/mol. The van der Waals surface area contributed by atoms with Gasteiger partial charge in [-0.2, -0.15) is 0 Å². The third-order valence-corrected chi connectivity index (χ3v) is 6.21. The minimum Gasteiger partial charge on any atom is -0.346 e. The predicted molar refractivity (Wildman–Crippen MR) is 111 cm³/mol. The molecule has 1 aromatic carbocycles. The van der Waals surface area contributed by atoms with Crippen molar-refractivity contribution in [2.24, 2.45) is 14.1 Å². The Kier molecular flexibility index (Phi) is 4.01. The minimum absolute atomic E-state index is 0.577. The summed E-state index contributed by atoms with van der Waals surface area (Å²) < 4.78 is 4.69. The summed E-state index contributed by atoms with van der Waals surface area (Å²) in [6, 6.07) is 17.5. The highest BCUT2D eigenvalue weighted by atomic mass is 15.2. The Balaban J connectivity index is 1.40. The van der Waals surface area contributed by atoms with E-state index in [2.05, 4.69) is 75.6 Å². The maximum absolute atomic E-state index is 4.54. The van der Waals surface area contributed by atoms with Crippen molar-refractivity contribution in [2.45, 2.75) is 25.3 Å². The molecule has 4 heterocycles. The van der Waals surface area contributed by atoms with Gasteiger partial charge in [0.1, 0.15) is 0 Å². The fourth-order valence-electron chi connectivity index (χ4n) is 4.74. The molecule has 4 aromatic rings.